The Morgan fingerprint density at radius 1 is 0.816 bits per heavy atom. The summed E-state index contributed by atoms with van der Waals surface area (Å²) in [6.07, 6.45) is -0.948. The zero-order valence-corrected chi connectivity index (χ0v) is 42.6. The quantitative estimate of drug-likeness (QED) is 0.0752. The van der Waals surface area contributed by atoms with Crippen molar-refractivity contribution in [1.82, 2.24) is 20.1 Å². The summed E-state index contributed by atoms with van der Waals surface area (Å²) in [7, 11) is 1.99. The molecule has 11 rings (SSSR count). The van der Waals surface area contributed by atoms with Crippen LogP contribution < -0.4 is 20.3 Å². The molecule has 1 spiro atoms. The summed E-state index contributed by atoms with van der Waals surface area (Å²) in [5.41, 5.74) is 3.40. The summed E-state index contributed by atoms with van der Waals surface area (Å²) in [6, 6.07) is 53.6. The fourth-order valence-corrected chi connectivity index (χ4v) is 12.2. The van der Waals surface area contributed by atoms with Crippen LogP contribution in [0.2, 0.25) is 0 Å². The van der Waals surface area contributed by atoms with E-state index in [-0.39, 0.29) is 24.0 Å². The second-order valence-corrected chi connectivity index (χ2v) is 20.3. The van der Waals surface area contributed by atoms with Gasteiger partial charge in [0.2, 0.25) is 11.8 Å². The van der Waals surface area contributed by atoms with Crippen molar-refractivity contribution in [1.29, 1.82) is 0 Å². The van der Waals surface area contributed by atoms with E-state index in [2.05, 4.69) is 39.5 Å². The van der Waals surface area contributed by atoms with Gasteiger partial charge in [-0.3, -0.25) is 24.2 Å². The Morgan fingerprint density at radius 2 is 1.47 bits per heavy atom. The third-order valence-electron chi connectivity index (χ3n) is 14.5. The van der Waals surface area contributed by atoms with Crippen LogP contribution in [0.1, 0.15) is 70.1 Å². The molecule has 4 amide bonds. The summed E-state index contributed by atoms with van der Waals surface area (Å²) in [6.45, 7) is 2.47. The summed E-state index contributed by atoms with van der Waals surface area (Å²) in [5, 5.41) is 16.7. The second kappa shape index (κ2) is 21.4. The molecule has 2 saturated heterocycles. The van der Waals surface area contributed by atoms with E-state index in [1.807, 2.05) is 164 Å². The number of ether oxygens (including phenoxy) is 2. The zero-order chi connectivity index (χ0) is 52.3. The number of nitrogens with one attached hydrogen (secondary N) is 2. The Kier molecular flexibility index (Phi) is 14.0. The largest absolute Gasteiger partial charge is 0.491 e. The standard InChI is InChI=1S/C62H54N6O7S/c1-40(43-23-9-4-10-24-43)63-61(73)67-49-34-33-41(22-19-35-66(2)39-42-20-7-3-8-21-42)38-47(49)62(59(67)72)52(57(70)65-60-64-48-30-16-18-32-51(48)76-60)54-58(71)75-55(45-27-13-6-14-28-45)53(44-25-11-5-12-26-44)68(54)56(62)46-29-15-17-31-50(46)74-37-36-69/h3-18,20-21,23-34,38,40,52-56,69H,35-37,39H2,1-2H3,(H,63,73)(H,64,65,70)/t40-,52-,53-,54-,55+,56+,62-/m1/s1. The number of nitrogens with zero attached hydrogens (tertiary/aromatic N) is 4. The number of hydrogen-bond acceptors (Lipinski definition) is 11. The summed E-state index contributed by atoms with van der Waals surface area (Å²) in [5.74, 6) is 3.21. The minimum atomic E-state index is -2.10. The van der Waals surface area contributed by atoms with E-state index >= 15 is 19.2 Å². The van der Waals surface area contributed by atoms with Gasteiger partial charge in [0.05, 0.1) is 53.1 Å². The Labute approximate surface area is 444 Å². The minimum Gasteiger partial charge on any atom is -0.491 e. The third-order valence-corrected chi connectivity index (χ3v) is 15.5. The van der Waals surface area contributed by atoms with Gasteiger partial charge in [-0.2, -0.15) is 0 Å². The molecular weight excluding hydrogens is 973 g/mol. The van der Waals surface area contributed by atoms with Gasteiger partial charge in [-0.1, -0.05) is 175 Å². The zero-order valence-electron chi connectivity index (χ0n) is 41.8. The average Bonchev–Trinajstić information content (AvgIpc) is 4.22. The summed E-state index contributed by atoms with van der Waals surface area (Å²) < 4.78 is 13.9. The molecule has 3 aliphatic rings. The van der Waals surface area contributed by atoms with Gasteiger partial charge in [-0.15, -0.1) is 0 Å². The molecule has 8 aromatic rings. The Hall–Kier alpha value is -8.45. The second-order valence-electron chi connectivity index (χ2n) is 19.3. The highest BCUT2D eigenvalue weighted by Gasteiger charge is 2.76. The number of esters is 1. The van der Waals surface area contributed by atoms with Crippen molar-refractivity contribution < 1.29 is 33.8 Å². The molecule has 7 atom stereocenters. The maximum atomic E-state index is 17.0. The fourth-order valence-electron chi connectivity index (χ4n) is 11.4. The summed E-state index contributed by atoms with van der Waals surface area (Å²) >= 11 is 1.26. The molecule has 0 aliphatic carbocycles. The van der Waals surface area contributed by atoms with Gasteiger partial charge in [-0.25, -0.2) is 14.7 Å². The van der Waals surface area contributed by atoms with Crippen molar-refractivity contribution in [3.63, 3.8) is 0 Å². The molecule has 13 nitrogen and oxygen atoms in total. The van der Waals surface area contributed by atoms with Crippen molar-refractivity contribution in [3.8, 4) is 17.6 Å². The molecule has 0 saturated carbocycles. The van der Waals surface area contributed by atoms with Crippen LogP contribution in [0.5, 0.6) is 5.75 Å². The van der Waals surface area contributed by atoms with Crippen molar-refractivity contribution in [3.05, 3.63) is 227 Å². The first-order chi connectivity index (χ1) is 37.1. The number of para-hydroxylation sites is 2. The monoisotopic (exact) mass is 1030 g/mol. The van der Waals surface area contributed by atoms with Gasteiger partial charge in [0.1, 0.15) is 29.9 Å². The highest BCUT2D eigenvalue weighted by molar-refractivity contribution is 7.22. The number of aliphatic hydroxyl groups excluding tert-OH is 1. The van der Waals surface area contributed by atoms with Crippen molar-refractivity contribution >= 4 is 56.2 Å². The van der Waals surface area contributed by atoms with E-state index in [1.54, 1.807) is 30.3 Å². The van der Waals surface area contributed by atoms with Crippen LogP contribution in [0.25, 0.3) is 10.2 Å². The summed E-state index contributed by atoms with van der Waals surface area (Å²) in [4.78, 5) is 74.2. The Morgan fingerprint density at radius 3 is 2.20 bits per heavy atom. The molecule has 76 heavy (non-hydrogen) atoms. The number of aliphatic hydroxyl groups is 1. The van der Waals surface area contributed by atoms with Gasteiger partial charge in [0.15, 0.2) is 5.13 Å². The molecule has 2 fully saturated rings. The van der Waals surface area contributed by atoms with Crippen LogP contribution in [-0.4, -0.2) is 76.6 Å². The predicted octanol–water partition coefficient (Wildman–Crippen LogP) is 9.93. The molecule has 14 heteroatoms. The Bertz CT molecular complexity index is 3460. The van der Waals surface area contributed by atoms with Crippen LogP contribution in [0.3, 0.4) is 0 Å². The first-order valence-corrected chi connectivity index (χ1v) is 26.1. The van der Waals surface area contributed by atoms with Crippen LogP contribution in [0.15, 0.2) is 188 Å². The number of carbonyl (C=O) groups excluding carboxylic acids is 4. The van der Waals surface area contributed by atoms with E-state index in [0.29, 0.717) is 46.6 Å². The predicted molar refractivity (Wildman–Crippen MR) is 292 cm³/mol. The van der Waals surface area contributed by atoms with E-state index in [9.17, 15) is 5.11 Å². The van der Waals surface area contributed by atoms with Gasteiger partial charge in [-0.05, 0) is 78.2 Å². The van der Waals surface area contributed by atoms with Crippen molar-refractivity contribution in [2.75, 3.05) is 37.0 Å². The topological polar surface area (TPSA) is 154 Å². The van der Waals surface area contributed by atoms with Crippen LogP contribution in [-0.2, 0) is 31.1 Å². The number of thiazole rings is 1. The average molecular weight is 1030 g/mol. The minimum absolute atomic E-state index is 0.104. The SMILES string of the molecule is C[C@@H](NC(=O)N1C(=O)[C@@]2(c3cc(C#CCN(C)Cc4ccccc4)ccc31)[C@H](c1ccccc1OCCO)N1[C@H](c3ccccc3)[C@H](c3ccccc3)OC(=O)[C@H]1[C@@H]2C(=O)Nc1nc2ccccc2s1)c1ccccc1. The molecule has 0 unspecified atom stereocenters. The number of benzene rings is 7. The molecule has 1 aromatic heterocycles. The third kappa shape index (κ3) is 9.17. The molecule has 0 radical (unpaired) electrons. The maximum absolute atomic E-state index is 17.0. The molecular formula is C62H54N6O7S. The highest BCUT2D eigenvalue weighted by atomic mass is 32.1. The number of hydrogen-bond donors (Lipinski definition) is 3. The van der Waals surface area contributed by atoms with Gasteiger partial charge in [0, 0.05) is 17.7 Å². The van der Waals surface area contributed by atoms with E-state index in [0.717, 1.165) is 26.3 Å². The number of cyclic esters (lactones) is 1. The fraction of sp³-hybridized carbons (Fsp3) is 0.210. The van der Waals surface area contributed by atoms with E-state index < -0.39 is 65.4 Å². The van der Waals surface area contributed by atoms with E-state index in [1.165, 1.54) is 11.3 Å². The van der Waals surface area contributed by atoms with Crippen LogP contribution in [0, 0.1) is 17.8 Å². The first kappa shape index (κ1) is 49.7. The highest BCUT2D eigenvalue weighted by Crippen LogP contribution is 2.67. The van der Waals surface area contributed by atoms with Crippen molar-refractivity contribution in [2.24, 2.45) is 5.92 Å². The number of carbonyl (C=O) groups is 4. The Balaban J connectivity index is 1.17. The maximum Gasteiger partial charge on any atom is 0.329 e. The number of fused-ring (bicyclic) bond motifs is 4. The normalized spacial score (nSPS) is 21.1. The number of urea groups is 1. The lowest BCUT2D eigenvalue weighted by atomic mass is 9.65. The number of anilines is 2. The molecule has 3 N–H and O–H groups in total. The molecule has 4 heterocycles. The number of amides is 4. The lowest BCUT2D eigenvalue weighted by Crippen LogP contribution is -2.55. The lowest BCUT2D eigenvalue weighted by molar-refractivity contribution is -0.177. The molecule has 3 aliphatic heterocycles. The molecule has 0 bridgehead atoms. The first-order valence-electron chi connectivity index (χ1n) is 25.3. The van der Waals surface area contributed by atoms with Gasteiger partial charge >= 0.3 is 12.0 Å². The number of morpholine rings is 1. The smallest absolute Gasteiger partial charge is 0.329 e. The van der Waals surface area contributed by atoms with E-state index in [4.69, 9.17) is 14.5 Å². The number of rotatable bonds is 13. The van der Waals surface area contributed by atoms with Crippen LogP contribution >= 0.6 is 11.3 Å². The van der Waals surface area contributed by atoms with Gasteiger partial charge in [0.25, 0.3) is 0 Å². The lowest BCUT2D eigenvalue weighted by Gasteiger charge is -2.46. The van der Waals surface area contributed by atoms with Gasteiger partial charge < -0.3 is 25.2 Å². The number of imide groups is 1. The number of aromatic nitrogens is 1. The van der Waals surface area contributed by atoms with Crippen LogP contribution in [0.4, 0.5) is 15.6 Å². The van der Waals surface area contributed by atoms with Crippen molar-refractivity contribution in [2.45, 2.75) is 49.2 Å². The molecule has 380 valence electrons. The molecule has 7 aromatic carbocycles.